The molecule has 1 rings (SSSR count). The molecule has 0 aliphatic rings. The van der Waals surface area contributed by atoms with Gasteiger partial charge in [-0.25, -0.2) is 0 Å². The SMILES string of the molecule is CC(C)[C@@H](C)Oc1ccccc1[C@H](O)CN. The summed E-state index contributed by atoms with van der Waals surface area (Å²) < 4.78 is 5.81. The van der Waals surface area contributed by atoms with Crippen molar-refractivity contribution >= 4 is 0 Å². The largest absolute Gasteiger partial charge is 0.490 e. The van der Waals surface area contributed by atoms with Crippen molar-refractivity contribution in [3.05, 3.63) is 29.8 Å². The minimum absolute atomic E-state index is 0.117. The summed E-state index contributed by atoms with van der Waals surface area (Å²) in [6.45, 7) is 6.44. The second-order valence-corrected chi connectivity index (χ2v) is 4.36. The summed E-state index contributed by atoms with van der Waals surface area (Å²) in [7, 11) is 0. The molecular formula is C13H21NO2. The van der Waals surface area contributed by atoms with Crippen molar-refractivity contribution in [3.63, 3.8) is 0 Å². The Bertz CT molecular complexity index is 325. The lowest BCUT2D eigenvalue weighted by Gasteiger charge is -2.21. The summed E-state index contributed by atoms with van der Waals surface area (Å²) in [6, 6.07) is 7.49. The van der Waals surface area contributed by atoms with E-state index in [1.54, 1.807) is 0 Å². The number of benzene rings is 1. The molecule has 0 heterocycles. The fourth-order valence-electron chi connectivity index (χ4n) is 1.33. The Labute approximate surface area is 97.2 Å². The quantitative estimate of drug-likeness (QED) is 0.803. The maximum Gasteiger partial charge on any atom is 0.125 e. The van der Waals surface area contributed by atoms with Gasteiger partial charge in [-0.3, -0.25) is 0 Å². The molecule has 0 fully saturated rings. The van der Waals surface area contributed by atoms with Gasteiger partial charge in [0.2, 0.25) is 0 Å². The predicted molar refractivity (Wildman–Crippen MR) is 65.4 cm³/mol. The summed E-state index contributed by atoms with van der Waals surface area (Å²) in [5.74, 6) is 1.16. The first-order chi connectivity index (χ1) is 7.56. The van der Waals surface area contributed by atoms with E-state index in [-0.39, 0.29) is 12.6 Å². The summed E-state index contributed by atoms with van der Waals surface area (Å²) in [5, 5.41) is 9.76. The van der Waals surface area contributed by atoms with Crippen LogP contribution < -0.4 is 10.5 Å². The van der Waals surface area contributed by atoms with Crippen molar-refractivity contribution < 1.29 is 9.84 Å². The number of aliphatic hydroxyl groups is 1. The zero-order chi connectivity index (χ0) is 12.1. The van der Waals surface area contributed by atoms with Crippen LogP contribution in [0.3, 0.4) is 0 Å². The van der Waals surface area contributed by atoms with Gasteiger partial charge in [-0.2, -0.15) is 0 Å². The molecule has 0 bridgehead atoms. The second-order valence-electron chi connectivity index (χ2n) is 4.36. The standard InChI is InChI=1S/C13H21NO2/c1-9(2)10(3)16-13-7-5-4-6-11(13)12(15)8-14/h4-7,9-10,12,15H,8,14H2,1-3H3/t10-,12-/m1/s1. The van der Waals surface area contributed by atoms with Gasteiger partial charge in [-0.05, 0) is 18.9 Å². The third-order valence-electron chi connectivity index (χ3n) is 2.75. The Hall–Kier alpha value is -1.06. The van der Waals surface area contributed by atoms with E-state index in [0.717, 1.165) is 11.3 Å². The highest BCUT2D eigenvalue weighted by Gasteiger charge is 2.15. The number of para-hydroxylation sites is 1. The van der Waals surface area contributed by atoms with Crippen LogP contribution in [0.25, 0.3) is 0 Å². The molecule has 0 aliphatic heterocycles. The van der Waals surface area contributed by atoms with Gasteiger partial charge in [0, 0.05) is 12.1 Å². The van der Waals surface area contributed by atoms with E-state index in [9.17, 15) is 5.11 Å². The molecule has 0 saturated heterocycles. The Morgan fingerprint density at radius 3 is 2.44 bits per heavy atom. The topological polar surface area (TPSA) is 55.5 Å². The van der Waals surface area contributed by atoms with Gasteiger partial charge in [-0.1, -0.05) is 32.0 Å². The predicted octanol–water partition coefficient (Wildman–Crippen LogP) is 2.10. The van der Waals surface area contributed by atoms with Gasteiger partial charge in [0.1, 0.15) is 5.75 Å². The first-order valence-electron chi connectivity index (χ1n) is 5.70. The lowest BCUT2D eigenvalue weighted by molar-refractivity contribution is 0.149. The van der Waals surface area contributed by atoms with E-state index < -0.39 is 6.10 Å². The zero-order valence-corrected chi connectivity index (χ0v) is 10.2. The summed E-state index contributed by atoms with van der Waals surface area (Å²) in [6.07, 6.45) is -0.540. The van der Waals surface area contributed by atoms with Gasteiger partial charge >= 0.3 is 0 Å². The van der Waals surface area contributed by atoms with Crippen molar-refractivity contribution in [2.75, 3.05) is 6.54 Å². The minimum atomic E-state index is -0.657. The third kappa shape index (κ3) is 3.22. The van der Waals surface area contributed by atoms with Gasteiger partial charge < -0.3 is 15.6 Å². The Morgan fingerprint density at radius 2 is 1.88 bits per heavy atom. The van der Waals surface area contributed by atoms with Crippen LogP contribution >= 0.6 is 0 Å². The van der Waals surface area contributed by atoms with Crippen LogP contribution in [0.5, 0.6) is 5.75 Å². The maximum absolute atomic E-state index is 9.76. The average Bonchev–Trinajstić information content (AvgIpc) is 2.28. The molecule has 0 spiro atoms. The molecule has 0 unspecified atom stereocenters. The van der Waals surface area contributed by atoms with Gasteiger partial charge in [0.15, 0.2) is 0 Å². The fourth-order valence-corrected chi connectivity index (χ4v) is 1.33. The van der Waals surface area contributed by atoms with Crippen LogP contribution in [0.4, 0.5) is 0 Å². The molecule has 1 aromatic carbocycles. The monoisotopic (exact) mass is 223 g/mol. The van der Waals surface area contributed by atoms with Gasteiger partial charge in [-0.15, -0.1) is 0 Å². The van der Waals surface area contributed by atoms with Crippen molar-refractivity contribution in [3.8, 4) is 5.75 Å². The van der Waals surface area contributed by atoms with E-state index in [0.29, 0.717) is 5.92 Å². The molecule has 3 heteroatoms. The second kappa shape index (κ2) is 5.87. The highest BCUT2D eigenvalue weighted by molar-refractivity contribution is 5.35. The number of hydrogen-bond donors (Lipinski definition) is 2. The molecular weight excluding hydrogens is 202 g/mol. The van der Waals surface area contributed by atoms with Gasteiger partial charge in [0.05, 0.1) is 12.2 Å². The molecule has 0 saturated carbocycles. The molecule has 1 aromatic rings. The van der Waals surface area contributed by atoms with Crippen LogP contribution in [-0.2, 0) is 0 Å². The molecule has 0 aliphatic carbocycles. The van der Waals surface area contributed by atoms with E-state index in [1.165, 1.54) is 0 Å². The smallest absolute Gasteiger partial charge is 0.125 e. The van der Waals surface area contributed by atoms with Crippen molar-refractivity contribution in [1.82, 2.24) is 0 Å². The average molecular weight is 223 g/mol. The third-order valence-corrected chi connectivity index (χ3v) is 2.75. The molecule has 0 aromatic heterocycles. The van der Waals surface area contributed by atoms with Crippen molar-refractivity contribution in [2.24, 2.45) is 11.7 Å². The Kier molecular flexibility index (Phi) is 4.77. The van der Waals surface area contributed by atoms with E-state index >= 15 is 0 Å². The Balaban J connectivity index is 2.86. The highest BCUT2D eigenvalue weighted by Crippen LogP contribution is 2.26. The molecule has 16 heavy (non-hydrogen) atoms. The molecule has 3 nitrogen and oxygen atoms in total. The molecule has 90 valence electrons. The van der Waals surface area contributed by atoms with Crippen LogP contribution in [0.1, 0.15) is 32.4 Å². The van der Waals surface area contributed by atoms with Crippen LogP contribution in [-0.4, -0.2) is 17.8 Å². The van der Waals surface area contributed by atoms with E-state index in [2.05, 4.69) is 13.8 Å². The summed E-state index contributed by atoms with van der Waals surface area (Å²) in [4.78, 5) is 0. The first kappa shape index (κ1) is 13.0. The number of aliphatic hydroxyl groups excluding tert-OH is 1. The lowest BCUT2D eigenvalue weighted by Crippen LogP contribution is -2.20. The van der Waals surface area contributed by atoms with Crippen LogP contribution in [0.2, 0.25) is 0 Å². The maximum atomic E-state index is 9.76. The minimum Gasteiger partial charge on any atom is -0.490 e. The molecule has 0 amide bonds. The van der Waals surface area contributed by atoms with E-state index in [4.69, 9.17) is 10.5 Å². The first-order valence-corrected chi connectivity index (χ1v) is 5.70. The summed E-state index contributed by atoms with van der Waals surface area (Å²) >= 11 is 0. The molecule has 3 N–H and O–H groups in total. The van der Waals surface area contributed by atoms with Crippen LogP contribution in [0, 0.1) is 5.92 Å². The number of hydrogen-bond acceptors (Lipinski definition) is 3. The van der Waals surface area contributed by atoms with Crippen LogP contribution in [0.15, 0.2) is 24.3 Å². The highest BCUT2D eigenvalue weighted by atomic mass is 16.5. The normalized spacial score (nSPS) is 14.9. The Morgan fingerprint density at radius 1 is 1.25 bits per heavy atom. The number of rotatable bonds is 5. The molecule has 2 atom stereocenters. The van der Waals surface area contributed by atoms with Crippen molar-refractivity contribution in [2.45, 2.75) is 33.0 Å². The summed E-state index contributed by atoms with van der Waals surface area (Å²) in [5.41, 5.74) is 6.22. The zero-order valence-electron chi connectivity index (χ0n) is 10.2. The number of nitrogens with two attached hydrogens (primary N) is 1. The van der Waals surface area contributed by atoms with E-state index in [1.807, 2.05) is 31.2 Å². The molecule has 0 radical (unpaired) electrons. The fraction of sp³-hybridized carbons (Fsp3) is 0.538. The van der Waals surface area contributed by atoms with Gasteiger partial charge in [0.25, 0.3) is 0 Å². The lowest BCUT2D eigenvalue weighted by atomic mass is 10.1. The number of ether oxygens (including phenoxy) is 1. The van der Waals surface area contributed by atoms with Crippen molar-refractivity contribution in [1.29, 1.82) is 0 Å².